The minimum atomic E-state index is -0.504. The molecule has 2 aromatic heterocycles. The van der Waals surface area contributed by atoms with Crippen molar-refractivity contribution in [1.29, 1.82) is 0 Å². The Bertz CT molecular complexity index is 960. The minimum Gasteiger partial charge on any atom is -0.390 e. The van der Waals surface area contributed by atoms with Gasteiger partial charge in [0.25, 0.3) is 0 Å². The molecule has 4 bridgehead atoms. The molecule has 3 unspecified atom stereocenters. The SMILES string of the molecule is O=C(CC12CC3CC(CC(O)(C3)C1)C2)NC1CCN(c2nccc(-c3ccc[nH]3)n2)C1. The van der Waals surface area contributed by atoms with E-state index >= 15 is 0 Å². The van der Waals surface area contributed by atoms with E-state index in [-0.39, 0.29) is 17.4 Å². The summed E-state index contributed by atoms with van der Waals surface area (Å²) in [7, 11) is 0. The summed E-state index contributed by atoms with van der Waals surface area (Å²) in [6.45, 7) is 1.58. The third-order valence-corrected chi connectivity index (χ3v) is 8.04. The number of aliphatic hydroxyl groups is 1. The highest BCUT2D eigenvalue weighted by Crippen LogP contribution is 2.62. The molecule has 1 aliphatic heterocycles. The van der Waals surface area contributed by atoms with Crippen LogP contribution >= 0.6 is 0 Å². The zero-order chi connectivity index (χ0) is 21.1. The first kappa shape index (κ1) is 19.3. The van der Waals surface area contributed by atoms with E-state index in [1.807, 2.05) is 24.4 Å². The van der Waals surface area contributed by atoms with Crippen molar-refractivity contribution in [2.45, 2.75) is 63.0 Å². The Kier molecular flexibility index (Phi) is 4.39. The van der Waals surface area contributed by atoms with E-state index in [9.17, 15) is 9.90 Å². The van der Waals surface area contributed by atoms with Gasteiger partial charge in [-0.3, -0.25) is 4.79 Å². The van der Waals surface area contributed by atoms with Crippen molar-refractivity contribution >= 4 is 11.9 Å². The maximum absolute atomic E-state index is 13.0. The molecule has 31 heavy (non-hydrogen) atoms. The molecule has 1 saturated heterocycles. The molecular weight excluding hydrogens is 390 g/mol. The largest absolute Gasteiger partial charge is 0.390 e. The van der Waals surface area contributed by atoms with E-state index in [0.29, 0.717) is 24.2 Å². The first-order valence-corrected chi connectivity index (χ1v) is 11.7. The molecule has 3 N–H and O–H groups in total. The Hall–Kier alpha value is -2.41. The van der Waals surface area contributed by atoms with Gasteiger partial charge < -0.3 is 20.3 Å². The number of aromatic amines is 1. The zero-order valence-corrected chi connectivity index (χ0v) is 17.9. The van der Waals surface area contributed by atoms with E-state index in [4.69, 9.17) is 4.98 Å². The van der Waals surface area contributed by atoms with Gasteiger partial charge in [-0.2, -0.15) is 0 Å². The number of anilines is 1. The molecule has 5 aliphatic rings. The number of hydrogen-bond acceptors (Lipinski definition) is 5. The number of nitrogens with one attached hydrogen (secondary N) is 2. The summed E-state index contributed by atoms with van der Waals surface area (Å²) in [5, 5.41) is 14.2. The van der Waals surface area contributed by atoms with Crippen LogP contribution in [-0.2, 0) is 4.79 Å². The molecule has 7 rings (SSSR count). The van der Waals surface area contributed by atoms with Crippen LogP contribution in [0.1, 0.15) is 51.4 Å². The summed E-state index contributed by atoms with van der Waals surface area (Å²) in [6, 6.07) is 5.99. The quantitative estimate of drug-likeness (QED) is 0.690. The molecule has 4 saturated carbocycles. The number of carbonyl (C=O) groups is 1. The lowest BCUT2D eigenvalue weighted by Gasteiger charge is -2.60. The van der Waals surface area contributed by atoms with Crippen LogP contribution in [0.5, 0.6) is 0 Å². The van der Waals surface area contributed by atoms with Crippen LogP contribution in [0, 0.1) is 17.3 Å². The molecule has 1 amide bonds. The van der Waals surface area contributed by atoms with Gasteiger partial charge in [-0.05, 0) is 80.4 Å². The Balaban J connectivity index is 1.08. The van der Waals surface area contributed by atoms with Crippen molar-refractivity contribution in [2.24, 2.45) is 17.3 Å². The van der Waals surface area contributed by atoms with Gasteiger partial charge in [0.1, 0.15) is 0 Å². The van der Waals surface area contributed by atoms with E-state index in [2.05, 4.69) is 20.2 Å². The molecule has 4 aliphatic carbocycles. The normalized spacial score (nSPS) is 36.2. The van der Waals surface area contributed by atoms with Gasteiger partial charge in [0, 0.05) is 37.9 Å². The molecule has 5 fully saturated rings. The molecule has 3 heterocycles. The van der Waals surface area contributed by atoms with Crippen LogP contribution in [0.25, 0.3) is 11.4 Å². The topological polar surface area (TPSA) is 94.1 Å². The van der Waals surface area contributed by atoms with Crippen molar-refractivity contribution in [3.63, 3.8) is 0 Å². The number of nitrogens with zero attached hydrogens (tertiary/aromatic N) is 3. The average molecular weight is 422 g/mol. The molecule has 3 atom stereocenters. The zero-order valence-electron chi connectivity index (χ0n) is 17.9. The lowest BCUT2D eigenvalue weighted by atomic mass is 9.47. The second-order valence-corrected chi connectivity index (χ2v) is 10.7. The second-order valence-electron chi connectivity index (χ2n) is 10.7. The van der Waals surface area contributed by atoms with Crippen molar-refractivity contribution in [3.8, 4) is 11.4 Å². The average Bonchev–Trinajstić information content (AvgIpc) is 3.38. The molecule has 164 valence electrons. The smallest absolute Gasteiger partial charge is 0.225 e. The molecular formula is C24H31N5O2. The Labute approximate surface area is 182 Å². The van der Waals surface area contributed by atoms with Crippen LogP contribution in [0.4, 0.5) is 5.95 Å². The molecule has 0 radical (unpaired) electrons. The molecule has 2 aromatic rings. The lowest BCUT2D eigenvalue weighted by molar-refractivity contribution is -0.169. The van der Waals surface area contributed by atoms with Crippen LogP contribution in [0.2, 0.25) is 0 Å². The number of aromatic nitrogens is 3. The van der Waals surface area contributed by atoms with E-state index < -0.39 is 5.60 Å². The van der Waals surface area contributed by atoms with Crippen LogP contribution in [0.15, 0.2) is 30.6 Å². The van der Waals surface area contributed by atoms with Gasteiger partial charge in [0.05, 0.1) is 17.0 Å². The fourth-order valence-corrected chi connectivity index (χ4v) is 7.43. The molecule has 0 spiro atoms. The van der Waals surface area contributed by atoms with E-state index in [1.165, 1.54) is 6.42 Å². The Morgan fingerprint density at radius 3 is 2.84 bits per heavy atom. The van der Waals surface area contributed by atoms with Crippen molar-refractivity contribution < 1.29 is 9.90 Å². The predicted molar refractivity (Wildman–Crippen MR) is 117 cm³/mol. The molecule has 7 nitrogen and oxygen atoms in total. The highest BCUT2D eigenvalue weighted by molar-refractivity contribution is 5.77. The van der Waals surface area contributed by atoms with E-state index in [0.717, 1.165) is 63.0 Å². The number of carbonyl (C=O) groups excluding carboxylic acids is 1. The standard InChI is InChI=1S/C24H31N5O2/c30-21(13-23-9-16-8-17(10-23)12-24(31,11-16)15-23)27-18-4-7-29(14-18)22-26-6-3-20(28-22)19-2-1-5-25-19/h1-3,5-6,16-18,25,31H,4,7-15H2,(H,27,30). The number of amides is 1. The lowest BCUT2D eigenvalue weighted by Crippen LogP contribution is -2.56. The fourth-order valence-electron chi connectivity index (χ4n) is 7.43. The summed E-state index contributed by atoms with van der Waals surface area (Å²) in [5.74, 6) is 2.10. The summed E-state index contributed by atoms with van der Waals surface area (Å²) >= 11 is 0. The minimum absolute atomic E-state index is 0.0225. The number of H-pyrrole nitrogens is 1. The first-order chi connectivity index (χ1) is 15.0. The van der Waals surface area contributed by atoms with Crippen molar-refractivity contribution in [2.75, 3.05) is 18.0 Å². The Morgan fingerprint density at radius 1 is 1.26 bits per heavy atom. The second kappa shape index (κ2) is 7.05. The highest BCUT2D eigenvalue weighted by atomic mass is 16.3. The fraction of sp³-hybridized carbons (Fsp3) is 0.625. The van der Waals surface area contributed by atoms with Crippen LogP contribution in [-0.4, -0.2) is 50.7 Å². The van der Waals surface area contributed by atoms with Gasteiger partial charge in [0.2, 0.25) is 11.9 Å². The number of rotatable bonds is 5. The van der Waals surface area contributed by atoms with Gasteiger partial charge in [0.15, 0.2) is 0 Å². The van der Waals surface area contributed by atoms with Crippen LogP contribution in [0.3, 0.4) is 0 Å². The first-order valence-electron chi connectivity index (χ1n) is 11.7. The van der Waals surface area contributed by atoms with Crippen LogP contribution < -0.4 is 10.2 Å². The highest BCUT2D eigenvalue weighted by Gasteiger charge is 2.57. The van der Waals surface area contributed by atoms with Crippen molar-refractivity contribution in [3.05, 3.63) is 30.6 Å². The molecule has 0 aromatic carbocycles. The van der Waals surface area contributed by atoms with E-state index in [1.54, 1.807) is 6.20 Å². The van der Waals surface area contributed by atoms with Gasteiger partial charge in [-0.25, -0.2) is 9.97 Å². The summed E-state index contributed by atoms with van der Waals surface area (Å²) in [6.07, 6.45) is 11.4. The van der Waals surface area contributed by atoms with Gasteiger partial charge in [-0.1, -0.05) is 0 Å². The maximum atomic E-state index is 13.0. The third kappa shape index (κ3) is 3.63. The Morgan fingerprint density at radius 2 is 2.10 bits per heavy atom. The van der Waals surface area contributed by atoms with Gasteiger partial charge in [-0.15, -0.1) is 0 Å². The monoisotopic (exact) mass is 421 g/mol. The summed E-state index contributed by atoms with van der Waals surface area (Å²) in [4.78, 5) is 27.5. The maximum Gasteiger partial charge on any atom is 0.225 e. The predicted octanol–water partition coefficient (Wildman–Crippen LogP) is 2.89. The summed E-state index contributed by atoms with van der Waals surface area (Å²) in [5.41, 5.74) is 1.37. The molecule has 7 heteroatoms. The third-order valence-electron chi connectivity index (χ3n) is 8.04. The number of hydrogen-bond donors (Lipinski definition) is 3. The van der Waals surface area contributed by atoms with Gasteiger partial charge >= 0.3 is 0 Å². The summed E-state index contributed by atoms with van der Waals surface area (Å²) < 4.78 is 0. The van der Waals surface area contributed by atoms with Crippen molar-refractivity contribution in [1.82, 2.24) is 20.3 Å².